The summed E-state index contributed by atoms with van der Waals surface area (Å²) < 4.78 is 35.5. The third kappa shape index (κ3) is 6.47. The highest BCUT2D eigenvalue weighted by molar-refractivity contribution is 7.48. The van der Waals surface area contributed by atoms with Crippen LogP contribution >= 0.6 is 7.82 Å². The minimum absolute atomic E-state index is 0.0520. The molecule has 0 N–H and O–H groups in total. The van der Waals surface area contributed by atoms with Crippen LogP contribution < -0.4 is 4.74 Å². The van der Waals surface area contributed by atoms with Crippen LogP contribution in [0.1, 0.15) is 44.6 Å². The van der Waals surface area contributed by atoms with E-state index in [9.17, 15) is 4.57 Å². The van der Waals surface area contributed by atoms with Crippen molar-refractivity contribution in [2.75, 3.05) is 6.61 Å². The van der Waals surface area contributed by atoms with Crippen molar-refractivity contribution in [3.63, 3.8) is 0 Å². The average molecular weight is 390 g/mol. The molecule has 0 spiro atoms. The minimum atomic E-state index is -3.58. The second-order valence-corrected chi connectivity index (χ2v) is 8.19. The number of rotatable bonds is 9. The van der Waals surface area contributed by atoms with Crippen LogP contribution in [0.5, 0.6) is 11.5 Å². The van der Waals surface area contributed by atoms with E-state index in [1.54, 1.807) is 6.92 Å². The fourth-order valence-electron chi connectivity index (χ4n) is 3.09. The second-order valence-electron chi connectivity index (χ2n) is 6.57. The Morgan fingerprint density at radius 2 is 1.67 bits per heavy atom. The minimum Gasteiger partial charge on any atom is -0.457 e. The lowest BCUT2D eigenvalue weighted by molar-refractivity contribution is 0.0605. The molecule has 0 amide bonds. The Bertz CT molecular complexity index is 743. The molecule has 0 bridgehead atoms. The summed E-state index contributed by atoms with van der Waals surface area (Å²) in [6.07, 6.45) is 5.14. The van der Waals surface area contributed by atoms with Crippen molar-refractivity contribution in [1.29, 1.82) is 0 Å². The van der Waals surface area contributed by atoms with E-state index in [0.717, 1.165) is 37.0 Å². The lowest BCUT2D eigenvalue weighted by Gasteiger charge is -2.26. The van der Waals surface area contributed by atoms with Gasteiger partial charge in [-0.15, -0.1) is 0 Å². The van der Waals surface area contributed by atoms with Gasteiger partial charge in [0.1, 0.15) is 11.5 Å². The molecule has 0 saturated heterocycles. The smallest absolute Gasteiger partial charge is 0.457 e. The van der Waals surface area contributed by atoms with Gasteiger partial charge >= 0.3 is 7.82 Å². The highest BCUT2D eigenvalue weighted by Gasteiger charge is 2.31. The van der Waals surface area contributed by atoms with E-state index in [1.807, 2.05) is 54.6 Å². The van der Waals surface area contributed by atoms with Gasteiger partial charge in [0.05, 0.1) is 19.3 Å². The summed E-state index contributed by atoms with van der Waals surface area (Å²) in [6, 6.07) is 17.1. The van der Waals surface area contributed by atoms with Gasteiger partial charge in [-0.2, -0.15) is 0 Å². The number of phosphoric acid groups is 1. The molecule has 1 fully saturated rings. The summed E-state index contributed by atoms with van der Waals surface area (Å²) in [5.41, 5.74) is 0.843. The van der Waals surface area contributed by atoms with Crippen LogP contribution in [0.2, 0.25) is 0 Å². The molecule has 1 atom stereocenters. The van der Waals surface area contributed by atoms with Crippen molar-refractivity contribution >= 4 is 7.82 Å². The molecule has 0 aromatic heterocycles. The van der Waals surface area contributed by atoms with Gasteiger partial charge in [-0.05, 0) is 49.6 Å². The Labute approximate surface area is 161 Å². The van der Waals surface area contributed by atoms with Crippen molar-refractivity contribution in [3.05, 3.63) is 60.2 Å². The summed E-state index contributed by atoms with van der Waals surface area (Å²) in [5.74, 6) is 1.46. The van der Waals surface area contributed by atoms with E-state index >= 15 is 0 Å². The molecule has 0 aliphatic heterocycles. The van der Waals surface area contributed by atoms with Crippen molar-refractivity contribution < 1.29 is 22.9 Å². The molecule has 6 heteroatoms. The van der Waals surface area contributed by atoms with Gasteiger partial charge in [0.25, 0.3) is 0 Å². The Balaban J connectivity index is 1.61. The Morgan fingerprint density at radius 1 is 0.926 bits per heavy atom. The molecule has 1 aliphatic carbocycles. The molecule has 0 radical (unpaired) electrons. The molecule has 1 unspecified atom stereocenters. The molecule has 1 aliphatic rings. The quantitative estimate of drug-likeness (QED) is 0.458. The van der Waals surface area contributed by atoms with E-state index in [-0.39, 0.29) is 19.3 Å². The average Bonchev–Trinajstić information content (AvgIpc) is 2.69. The van der Waals surface area contributed by atoms with Gasteiger partial charge in [-0.25, -0.2) is 4.57 Å². The van der Waals surface area contributed by atoms with Gasteiger partial charge in [0, 0.05) is 0 Å². The number of benzene rings is 2. The maximum absolute atomic E-state index is 12.9. The van der Waals surface area contributed by atoms with Crippen LogP contribution in [0.25, 0.3) is 0 Å². The van der Waals surface area contributed by atoms with E-state index in [4.69, 9.17) is 18.3 Å². The number of phosphoric ester groups is 1. The summed E-state index contributed by atoms with van der Waals surface area (Å²) in [6.45, 7) is 2.20. The van der Waals surface area contributed by atoms with Crippen LogP contribution in [-0.4, -0.2) is 12.7 Å². The van der Waals surface area contributed by atoms with Gasteiger partial charge in [0.2, 0.25) is 0 Å². The molecule has 2 aromatic carbocycles. The maximum Gasteiger partial charge on any atom is 0.475 e. The summed E-state index contributed by atoms with van der Waals surface area (Å²) >= 11 is 0. The Kier molecular flexibility index (Phi) is 7.48. The number of ether oxygens (including phenoxy) is 1. The SMILES string of the molecule is CCOP(=O)(OCc1cccc(Oc2ccccc2)c1)OC1CCCCC1. The zero-order valence-electron chi connectivity index (χ0n) is 15.7. The number of para-hydroxylation sites is 1. The largest absolute Gasteiger partial charge is 0.475 e. The molecule has 27 heavy (non-hydrogen) atoms. The van der Waals surface area contributed by atoms with Gasteiger partial charge in [-0.3, -0.25) is 13.6 Å². The lowest BCUT2D eigenvalue weighted by Crippen LogP contribution is -2.17. The maximum atomic E-state index is 12.9. The third-order valence-corrected chi connectivity index (χ3v) is 5.96. The third-order valence-electron chi connectivity index (χ3n) is 4.38. The zero-order valence-corrected chi connectivity index (χ0v) is 16.6. The van der Waals surface area contributed by atoms with Gasteiger partial charge in [-0.1, -0.05) is 49.6 Å². The summed E-state index contributed by atoms with van der Waals surface area (Å²) in [5, 5.41) is 0. The molecular formula is C21H27O5P. The van der Waals surface area contributed by atoms with Gasteiger partial charge < -0.3 is 4.74 Å². The van der Waals surface area contributed by atoms with E-state index < -0.39 is 7.82 Å². The predicted molar refractivity (Wildman–Crippen MR) is 105 cm³/mol. The molecule has 3 rings (SSSR count). The van der Waals surface area contributed by atoms with Crippen molar-refractivity contribution in [1.82, 2.24) is 0 Å². The van der Waals surface area contributed by atoms with Crippen molar-refractivity contribution in [3.8, 4) is 11.5 Å². The van der Waals surface area contributed by atoms with Crippen LogP contribution in [0.15, 0.2) is 54.6 Å². The summed E-state index contributed by atoms with van der Waals surface area (Å²) in [4.78, 5) is 0. The fraction of sp³-hybridized carbons (Fsp3) is 0.429. The standard InChI is InChI=1S/C21H27O5P/c1-2-23-27(22,26-20-13-7-4-8-14-20)24-17-18-10-9-15-21(16-18)25-19-11-5-3-6-12-19/h3,5-6,9-12,15-16,20H,2,4,7-8,13-14,17H2,1H3. The first-order chi connectivity index (χ1) is 13.2. The normalized spacial score (nSPS) is 17.4. The monoisotopic (exact) mass is 390 g/mol. The molecule has 1 saturated carbocycles. The first kappa shape index (κ1) is 20.1. The van der Waals surface area contributed by atoms with E-state index in [2.05, 4.69) is 0 Å². The van der Waals surface area contributed by atoms with Crippen molar-refractivity contribution in [2.45, 2.75) is 51.7 Å². The Hall–Kier alpha value is -1.65. The topological polar surface area (TPSA) is 54.0 Å². The molecule has 5 nitrogen and oxygen atoms in total. The molecular weight excluding hydrogens is 363 g/mol. The highest BCUT2D eigenvalue weighted by Crippen LogP contribution is 2.52. The highest BCUT2D eigenvalue weighted by atomic mass is 31.2. The molecule has 146 valence electrons. The Morgan fingerprint density at radius 3 is 2.41 bits per heavy atom. The lowest BCUT2D eigenvalue weighted by atomic mass is 9.98. The van der Waals surface area contributed by atoms with Crippen LogP contribution in [0.4, 0.5) is 0 Å². The van der Waals surface area contributed by atoms with Crippen LogP contribution in [0.3, 0.4) is 0 Å². The van der Waals surface area contributed by atoms with Crippen LogP contribution in [0, 0.1) is 0 Å². The van der Waals surface area contributed by atoms with Gasteiger partial charge in [0.15, 0.2) is 0 Å². The zero-order chi connectivity index (χ0) is 19.0. The molecule has 2 aromatic rings. The van der Waals surface area contributed by atoms with E-state index in [0.29, 0.717) is 5.75 Å². The molecule has 0 heterocycles. The second kappa shape index (κ2) is 10.0. The summed E-state index contributed by atoms with van der Waals surface area (Å²) in [7, 11) is -3.58. The first-order valence-corrected chi connectivity index (χ1v) is 11.0. The van der Waals surface area contributed by atoms with Crippen molar-refractivity contribution in [2.24, 2.45) is 0 Å². The van der Waals surface area contributed by atoms with Crippen LogP contribution in [-0.2, 0) is 24.7 Å². The predicted octanol–water partition coefficient (Wildman–Crippen LogP) is 6.49. The van der Waals surface area contributed by atoms with E-state index in [1.165, 1.54) is 6.42 Å². The first-order valence-electron chi connectivity index (χ1n) is 9.56. The fourth-order valence-corrected chi connectivity index (χ4v) is 4.48. The number of hydrogen-bond acceptors (Lipinski definition) is 5. The number of hydrogen-bond donors (Lipinski definition) is 0.